The Morgan fingerprint density at radius 2 is 1.82 bits per heavy atom. The number of esters is 1. The fourth-order valence-corrected chi connectivity index (χ4v) is 1.90. The van der Waals surface area contributed by atoms with Crippen LogP contribution < -0.4 is 0 Å². The SMILES string of the molecule is CCOC(=O)CCN(CCN(C)C)C(=O)c1ccccc1F. The monoisotopic (exact) mass is 310 g/mol. The van der Waals surface area contributed by atoms with Crippen molar-refractivity contribution >= 4 is 11.9 Å². The highest BCUT2D eigenvalue weighted by Gasteiger charge is 2.20. The Morgan fingerprint density at radius 3 is 2.41 bits per heavy atom. The van der Waals surface area contributed by atoms with Crippen LogP contribution in [0.2, 0.25) is 0 Å². The molecule has 0 aliphatic heterocycles. The Bertz CT molecular complexity index is 506. The average Bonchev–Trinajstić information content (AvgIpc) is 2.47. The van der Waals surface area contributed by atoms with Crippen LogP contribution in [0.3, 0.4) is 0 Å². The lowest BCUT2D eigenvalue weighted by Gasteiger charge is -2.24. The Hall–Kier alpha value is -1.95. The zero-order chi connectivity index (χ0) is 16.5. The van der Waals surface area contributed by atoms with Crippen LogP contribution >= 0.6 is 0 Å². The zero-order valence-corrected chi connectivity index (χ0v) is 13.3. The summed E-state index contributed by atoms with van der Waals surface area (Å²) in [5.74, 6) is -1.33. The Kier molecular flexibility index (Phi) is 7.52. The molecule has 0 spiro atoms. The minimum atomic E-state index is -0.557. The number of hydrogen-bond acceptors (Lipinski definition) is 4. The van der Waals surface area contributed by atoms with Gasteiger partial charge in [0.1, 0.15) is 5.82 Å². The Morgan fingerprint density at radius 1 is 1.14 bits per heavy atom. The van der Waals surface area contributed by atoms with Crippen molar-refractivity contribution in [1.29, 1.82) is 0 Å². The molecule has 0 saturated heterocycles. The molecule has 0 N–H and O–H groups in total. The molecule has 1 amide bonds. The number of ether oxygens (including phenoxy) is 1. The molecule has 0 bridgehead atoms. The number of hydrogen-bond donors (Lipinski definition) is 0. The first-order valence-corrected chi connectivity index (χ1v) is 7.29. The predicted octanol–water partition coefficient (Wildman–Crippen LogP) is 1.78. The number of carbonyl (C=O) groups is 2. The third-order valence-electron chi connectivity index (χ3n) is 3.10. The van der Waals surface area contributed by atoms with Gasteiger partial charge in [0.25, 0.3) is 5.91 Å². The molecule has 1 aromatic rings. The highest BCUT2D eigenvalue weighted by atomic mass is 19.1. The first-order valence-electron chi connectivity index (χ1n) is 7.29. The van der Waals surface area contributed by atoms with Gasteiger partial charge < -0.3 is 14.5 Å². The van der Waals surface area contributed by atoms with Crippen LogP contribution in [0.25, 0.3) is 0 Å². The summed E-state index contributed by atoms with van der Waals surface area (Å²) < 4.78 is 18.6. The fourth-order valence-electron chi connectivity index (χ4n) is 1.90. The number of amides is 1. The molecule has 0 saturated carbocycles. The summed E-state index contributed by atoms with van der Waals surface area (Å²) in [6, 6.07) is 5.86. The number of halogens is 1. The number of carbonyl (C=O) groups excluding carboxylic acids is 2. The van der Waals surface area contributed by atoms with E-state index in [-0.39, 0.29) is 24.5 Å². The van der Waals surface area contributed by atoms with E-state index >= 15 is 0 Å². The van der Waals surface area contributed by atoms with Crippen LogP contribution in [-0.2, 0) is 9.53 Å². The molecule has 0 atom stereocenters. The van der Waals surface area contributed by atoms with Crippen molar-refractivity contribution in [3.63, 3.8) is 0 Å². The fraction of sp³-hybridized carbons (Fsp3) is 0.500. The van der Waals surface area contributed by atoms with Crippen LogP contribution in [0.5, 0.6) is 0 Å². The number of likely N-dealkylation sites (N-methyl/N-ethyl adjacent to an activating group) is 1. The summed E-state index contributed by atoms with van der Waals surface area (Å²) in [5, 5.41) is 0. The van der Waals surface area contributed by atoms with Crippen molar-refractivity contribution in [3.05, 3.63) is 35.6 Å². The van der Waals surface area contributed by atoms with Gasteiger partial charge in [-0.15, -0.1) is 0 Å². The highest BCUT2D eigenvalue weighted by molar-refractivity contribution is 5.94. The van der Waals surface area contributed by atoms with Gasteiger partial charge in [-0.2, -0.15) is 0 Å². The number of rotatable bonds is 8. The minimum Gasteiger partial charge on any atom is -0.466 e. The van der Waals surface area contributed by atoms with Gasteiger partial charge in [0, 0.05) is 19.6 Å². The largest absolute Gasteiger partial charge is 0.466 e. The summed E-state index contributed by atoms with van der Waals surface area (Å²) in [6.45, 7) is 3.28. The second-order valence-electron chi connectivity index (χ2n) is 5.13. The molecule has 0 unspecified atom stereocenters. The van der Waals surface area contributed by atoms with Crippen LogP contribution in [0.15, 0.2) is 24.3 Å². The van der Waals surface area contributed by atoms with Gasteiger partial charge >= 0.3 is 5.97 Å². The van der Waals surface area contributed by atoms with Crippen molar-refractivity contribution in [3.8, 4) is 0 Å². The highest BCUT2D eigenvalue weighted by Crippen LogP contribution is 2.10. The standard InChI is InChI=1S/C16H23FN2O3/c1-4-22-15(20)9-10-19(12-11-18(2)3)16(21)13-7-5-6-8-14(13)17/h5-8H,4,9-12H2,1-3H3. The molecule has 0 aromatic heterocycles. The topological polar surface area (TPSA) is 49.9 Å². The third-order valence-corrected chi connectivity index (χ3v) is 3.10. The maximum atomic E-state index is 13.8. The first kappa shape index (κ1) is 18.1. The van der Waals surface area contributed by atoms with E-state index in [4.69, 9.17) is 4.74 Å². The normalized spacial score (nSPS) is 10.6. The van der Waals surface area contributed by atoms with Crippen molar-refractivity contribution in [2.24, 2.45) is 0 Å². The Labute approximate surface area is 130 Å². The van der Waals surface area contributed by atoms with E-state index in [0.29, 0.717) is 19.7 Å². The lowest BCUT2D eigenvalue weighted by molar-refractivity contribution is -0.143. The van der Waals surface area contributed by atoms with Crippen molar-refractivity contribution in [1.82, 2.24) is 9.80 Å². The van der Waals surface area contributed by atoms with Gasteiger partial charge in [-0.05, 0) is 33.2 Å². The van der Waals surface area contributed by atoms with Gasteiger partial charge in [0.05, 0.1) is 18.6 Å². The van der Waals surface area contributed by atoms with Gasteiger partial charge in [0.15, 0.2) is 0 Å². The molecule has 0 heterocycles. The summed E-state index contributed by atoms with van der Waals surface area (Å²) in [6.07, 6.45) is 0.0987. The van der Waals surface area contributed by atoms with E-state index < -0.39 is 11.7 Å². The van der Waals surface area contributed by atoms with Crippen LogP contribution in [0, 0.1) is 5.82 Å². The molecule has 0 fully saturated rings. The van der Waals surface area contributed by atoms with E-state index in [1.165, 1.54) is 23.1 Å². The molecule has 22 heavy (non-hydrogen) atoms. The van der Waals surface area contributed by atoms with Crippen molar-refractivity contribution < 1.29 is 18.7 Å². The molecule has 0 aliphatic carbocycles. The van der Waals surface area contributed by atoms with Crippen LogP contribution in [0.4, 0.5) is 4.39 Å². The second-order valence-corrected chi connectivity index (χ2v) is 5.13. The van der Waals surface area contributed by atoms with E-state index in [1.807, 2.05) is 19.0 Å². The van der Waals surface area contributed by atoms with Gasteiger partial charge in [-0.3, -0.25) is 9.59 Å². The molecule has 5 nitrogen and oxygen atoms in total. The van der Waals surface area contributed by atoms with E-state index in [1.54, 1.807) is 13.0 Å². The first-order chi connectivity index (χ1) is 10.5. The molecular weight excluding hydrogens is 287 g/mol. The van der Waals surface area contributed by atoms with Gasteiger partial charge in [0.2, 0.25) is 0 Å². The molecule has 6 heteroatoms. The van der Waals surface area contributed by atoms with Gasteiger partial charge in [-0.25, -0.2) is 4.39 Å². The smallest absolute Gasteiger partial charge is 0.307 e. The summed E-state index contributed by atoms with van der Waals surface area (Å²) in [7, 11) is 3.77. The number of benzene rings is 1. The van der Waals surface area contributed by atoms with Crippen LogP contribution in [-0.4, -0.2) is 62.0 Å². The molecule has 1 aromatic carbocycles. The lowest BCUT2D eigenvalue weighted by Crippen LogP contribution is -2.38. The maximum Gasteiger partial charge on any atom is 0.307 e. The summed E-state index contributed by atoms with van der Waals surface area (Å²) >= 11 is 0. The molecule has 1 rings (SSSR count). The Balaban J connectivity index is 2.78. The van der Waals surface area contributed by atoms with Crippen molar-refractivity contribution in [2.75, 3.05) is 40.3 Å². The van der Waals surface area contributed by atoms with E-state index in [2.05, 4.69) is 0 Å². The average molecular weight is 310 g/mol. The summed E-state index contributed by atoms with van der Waals surface area (Å²) in [4.78, 5) is 27.3. The quantitative estimate of drug-likeness (QED) is 0.687. The second kappa shape index (κ2) is 9.15. The molecule has 122 valence electrons. The predicted molar refractivity (Wildman–Crippen MR) is 82.1 cm³/mol. The lowest BCUT2D eigenvalue weighted by atomic mass is 10.1. The van der Waals surface area contributed by atoms with Crippen LogP contribution in [0.1, 0.15) is 23.7 Å². The zero-order valence-electron chi connectivity index (χ0n) is 13.3. The molecule has 0 radical (unpaired) electrons. The van der Waals surface area contributed by atoms with Gasteiger partial charge in [-0.1, -0.05) is 12.1 Å². The summed E-state index contributed by atoms with van der Waals surface area (Å²) in [5.41, 5.74) is 0.0186. The third kappa shape index (κ3) is 5.81. The van der Waals surface area contributed by atoms with E-state index in [9.17, 15) is 14.0 Å². The maximum absolute atomic E-state index is 13.8. The molecule has 0 aliphatic rings. The minimum absolute atomic E-state index is 0.0186. The van der Waals surface area contributed by atoms with Crippen molar-refractivity contribution in [2.45, 2.75) is 13.3 Å². The van der Waals surface area contributed by atoms with E-state index in [0.717, 1.165) is 0 Å². The molecular formula is C16H23FN2O3. The number of nitrogens with zero attached hydrogens (tertiary/aromatic N) is 2.